The molecule has 0 aromatic rings. The van der Waals surface area contributed by atoms with Crippen molar-refractivity contribution >= 4 is 5.97 Å². The lowest BCUT2D eigenvalue weighted by atomic mass is 10.0. The molecule has 0 aliphatic carbocycles. The van der Waals surface area contributed by atoms with Gasteiger partial charge in [-0.3, -0.25) is 9.69 Å². The van der Waals surface area contributed by atoms with E-state index >= 15 is 0 Å². The SMILES string of the molecule is O=C(O)C1CCN2CCCCC2CN1. The molecule has 2 rings (SSSR count). The highest BCUT2D eigenvalue weighted by molar-refractivity contribution is 5.73. The van der Waals surface area contributed by atoms with Gasteiger partial charge < -0.3 is 10.4 Å². The Morgan fingerprint density at radius 1 is 1.29 bits per heavy atom. The van der Waals surface area contributed by atoms with Gasteiger partial charge in [0.1, 0.15) is 6.04 Å². The van der Waals surface area contributed by atoms with Crippen molar-refractivity contribution in [3.8, 4) is 0 Å². The molecule has 80 valence electrons. The highest BCUT2D eigenvalue weighted by atomic mass is 16.4. The predicted octanol–water partition coefficient (Wildman–Crippen LogP) is 0.287. The summed E-state index contributed by atoms with van der Waals surface area (Å²) in [5.74, 6) is -0.704. The molecule has 2 aliphatic heterocycles. The molecule has 2 aliphatic rings. The molecule has 2 saturated heterocycles. The number of nitrogens with one attached hydrogen (secondary N) is 1. The Hall–Kier alpha value is -0.610. The van der Waals surface area contributed by atoms with Crippen LogP contribution in [0.15, 0.2) is 0 Å². The minimum Gasteiger partial charge on any atom is -0.480 e. The maximum Gasteiger partial charge on any atom is 0.320 e. The van der Waals surface area contributed by atoms with Crippen molar-refractivity contribution in [2.45, 2.75) is 37.8 Å². The van der Waals surface area contributed by atoms with Crippen molar-refractivity contribution in [2.75, 3.05) is 19.6 Å². The highest BCUT2D eigenvalue weighted by Gasteiger charge is 2.29. The van der Waals surface area contributed by atoms with Crippen LogP contribution < -0.4 is 5.32 Å². The largest absolute Gasteiger partial charge is 0.480 e. The van der Waals surface area contributed by atoms with E-state index in [0.717, 1.165) is 26.1 Å². The molecule has 14 heavy (non-hydrogen) atoms. The summed E-state index contributed by atoms with van der Waals surface area (Å²) in [7, 11) is 0. The highest BCUT2D eigenvalue weighted by Crippen LogP contribution is 2.19. The zero-order valence-electron chi connectivity index (χ0n) is 8.41. The molecule has 2 unspecified atom stereocenters. The lowest BCUT2D eigenvalue weighted by molar-refractivity contribution is -0.139. The molecule has 4 heteroatoms. The molecule has 2 heterocycles. The zero-order valence-corrected chi connectivity index (χ0v) is 8.41. The van der Waals surface area contributed by atoms with Crippen LogP contribution in [0.1, 0.15) is 25.7 Å². The molecule has 2 fully saturated rings. The second kappa shape index (κ2) is 4.28. The first-order valence-electron chi connectivity index (χ1n) is 5.47. The quantitative estimate of drug-likeness (QED) is 0.636. The van der Waals surface area contributed by atoms with Gasteiger partial charge in [-0.25, -0.2) is 0 Å². The Morgan fingerprint density at radius 2 is 2.14 bits per heavy atom. The van der Waals surface area contributed by atoms with Crippen molar-refractivity contribution < 1.29 is 9.90 Å². The Kier molecular flexibility index (Phi) is 3.03. The molecule has 0 bridgehead atoms. The van der Waals surface area contributed by atoms with Gasteiger partial charge in [-0.05, 0) is 25.8 Å². The fourth-order valence-corrected chi connectivity index (χ4v) is 2.47. The van der Waals surface area contributed by atoms with Gasteiger partial charge in [0.05, 0.1) is 0 Å². The smallest absolute Gasteiger partial charge is 0.320 e. The van der Waals surface area contributed by atoms with Gasteiger partial charge in [0.25, 0.3) is 0 Å². The van der Waals surface area contributed by atoms with Crippen LogP contribution in [-0.2, 0) is 4.79 Å². The van der Waals surface area contributed by atoms with E-state index in [2.05, 4.69) is 10.2 Å². The van der Waals surface area contributed by atoms with Gasteiger partial charge in [-0.15, -0.1) is 0 Å². The monoisotopic (exact) mass is 198 g/mol. The molecular weight excluding hydrogens is 180 g/mol. The zero-order chi connectivity index (χ0) is 9.97. The van der Waals surface area contributed by atoms with Crippen LogP contribution in [0.4, 0.5) is 0 Å². The summed E-state index contributed by atoms with van der Waals surface area (Å²) in [6, 6.07) is 0.244. The molecule has 0 saturated carbocycles. The lowest BCUT2D eigenvalue weighted by Gasteiger charge is -2.33. The molecule has 0 radical (unpaired) electrons. The second-order valence-corrected chi connectivity index (χ2v) is 4.27. The lowest BCUT2D eigenvalue weighted by Crippen LogP contribution is -2.44. The van der Waals surface area contributed by atoms with Crippen LogP contribution in [0.2, 0.25) is 0 Å². The number of piperidine rings is 1. The molecular formula is C10H18N2O2. The normalized spacial score (nSPS) is 34.6. The molecule has 2 N–H and O–H groups in total. The summed E-state index contributed by atoms with van der Waals surface area (Å²) >= 11 is 0. The summed E-state index contributed by atoms with van der Waals surface area (Å²) in [4.78, 5) is 13.3. The first-order valence-corrected chi connectivity index (χ1v) is 5.47. The molecule has 4 nitrogen and oxygen atoms in total. The molecule has 2 atom stereocenters. The third-order valence-electron chi connectivity index (χ3n) is 3.35. The topological polar surface area (TPSA) is 52.6 Å². The van der Waals surface area contributed by atoms with Gasteiger partial charge in [0.15, 0.2) is 0 Å². The first kappa shape index (κ1) is 9.93. The van der Waals surface area contributed by atoms with Crippen molar-refractivity contribution in [1.82, 2.24) is 10.2 Å². The van der Waals surface area contributed by atoms with Crippen LogP contribution in [0.25, 0.3) is 0 Å². The Morgan fingerprint density at radius 3 is 2.93 bits per heavy atom. The number of nitrogens with zero attached hydrogens (tertiary/aromatic N) is 1. The van der Waals surface area contributed by atoms with E-state index in [1.165, 1.54) is 19.3 Å². The van der Waals surface area contributed by atoms with Gasteiger partial charge >= 0.3 is 5.97 Å². The molecule has 0 aromatic carbocycles. The van der Waals surface area contributed by atoms with Crippen LogP contribution in [0.3, 0.4) is 0 Å². The van der Waals surface area contributed by atoms with E-state index in [9.17, 15) is 4.79 Å². The van der Waals surface area contributed by atoms with Gasteiger partial charge in [-0.1, -0.05) is 6.42 Å². The number of rotatable bonds is 1. The van der Waals surface area contributed by atoms with Crippen LogP contribution in [0.5, 0.6) is 0 Å². The molecule has 0 spiro atoms. The summed E-state index contributed by atoms with van der Waals surface area (Å²) in [5, 5.41) is 12.1. The summed E-state index contributed by atoms with van der Waals surface area (Å²) < 4.78 is 0. The van der Waals surface area contributed by atoms with Gasteiger partial charge in [0, 0.05) is 19.1 Å². The third-order valence-corrected chi connectivity index (χ3v) is 3.35. The number of aliphatic carboxylic acids is 1. The van der Waals surface area contributed by atoms with Crippen molar-refractivity contribution in [3.63, 3.8) is 0 Å². The van der Waals surface area contributed by atoms with Crippen LogP contribution >= 0.6 is 0 Å². The second-order valence-electron chi connectivity index (χ2n) is 4.27. The number of hydrogen-bond acceptors (Lipinski definition) is 3. The fourth-order valence-electron chi connectivity index (χ4n) is 2.47. The fraction of sp³-hybridized carbons (Fsp3) is 0.900. The third kappa shape index (κ3) is 2.07. The van der Waals surface area contributed by atoms with E-state index < -0.39 is 5.97 Å². The Balaban J connectivity index is 1.95. The van der Waals surface area contributed by atoms with Crippen molar-refractivity contribution in [2.24, 2.45) is 0 Å². The standard InChI is InChI=1S/C10H18N2O2/c13-10(14)9-4-6-12-5-2-1-3-8(12)7-11-9/h8-9,11H,1-7H2,(H,13,14). The van der Waals surface area contributed by atoms with Crippen molar-refractivity contribution in [3.05, 3.63) is 0 Å². The summed E-state index contributed by atoms with van der Waals surface area (Å²) in [5.41, 5.74) is 0. The number of hydrogen-bond donors (Lipinski definition) is 2. The van der Waals surface area contributed by atoms with E-state index in [4.69, 9.17) is 5.11 Å². The average molecular weight is 198 g/mol. The number of carbonyl (C=O) groups is 1. The average Bonchev–Trinajstić information content (AvgIpc) is 2.39. The van der Waals surface area contributed by atoms with E-state index in [0.29, 0.717) is 6.04 Å². The first-order chi connectivity index (χ1) is 6.77. The van der Waals surface area contributed by atoms with E-state index in [-0.39, 0.29) is 6.04 Å². The number of fused-ring (bicyclic) bond motifs is 1. The molecule has 0 amide bonds. The number of carboxylic acids is 1. The van der Waals surface area contributed by atoms with E-state index in [1.54, 1.807) is 0 Å². The molecule has 0 aromatic heterocycles. The minimum atomic E-state index is -0.704. The Bertz CT molecular complexity index is 204. The van der Waals surface area contributed by atoms with E-state index in [1.807, 2.05) is 0 Å². The van der Waals surface area contributed by atoms with Crippen LogP contribution in [0, 0.1) is 0 Å². The maximum absolute atomic E-state index is 10.8. The minimum absolute atomic E-state index is 0.333. The Labute approximate surface area is 84.3 Å². The van der Waals surface area contributed by atoms with Gasteiger partial charge in [-0.2, -0.15) is 0 Å². The summed E-state index contributed by atoms with van der Waals surface area (Å²) in [6.07, 6.45) is 4.53. The summed E-state index contributed by atoms with van der Waals surface area (Å²) in [6.45, 7) is 2.93. The maximum atomic E-state index is 10.8. The predicted molar refractivity (Wildman–Crippen MR) is 53.3 cm³/mol. The van der Waals surface area contributed by atoms with Crippen LogP contribution in [-0.4, -0.2) is 47.7 Å². The number of carboxylic acid groups (broad SMARTS) is 1. The van der Waals surface area contributed by atoms with Crippen molar-refractivity contribution in [1.29, 1.82) is 0 Å². The van der Waals surface area contributed by atoms with Gasteiger partial charge in [0.2, 0.25) is 0 Å².